The van der Waals surface area contributed by atoms with Gasteiger partial charge in [0.15, 0.2) is 0 Å². The largest absolute Gasteiger partial charge is 0.481 e. The summed E-state index contributed by atoms with van der Waals surface area (Å²) in [5, 5.41) is 8.60. The summed E-state index contributed by atoms with van der Waals surface area (Å²) in [4.78, 5) is 10.4. The van der Waals surface area contributed by atoms with Crippen LogP contribution in [-0.4, -0.2) is 11.1 Å². The standard InChI is InChI=1S/C32H62O2/c1-2-3-4-5-6-7-8-9-10-11-12-13-14-15-16-17-18-19-20-21-22-23-24-25-26-27-28-29-30-31-32(33)34/h24-25H,2-23,26-31H2,1H3,(H,33,34)/b25-24+. The van der Waals surface area contributed by atoms with E-state index in [9.17, 15) is 4.79 Å². The highest BCUT2D eigenvalue weighted by Crippen LogP contribution is 2.15. The van der Waals surface area contributed by atoms with E-state index in [4.69, 9.17) is 5.11 Å². The van der Waals surface area contributed by atoms with E-state index in [-0.39, 0.29) is 0 Å². The first-order valence-corrected chi connectivity index (χ1v) is 15.6. The fourth-order valence-electron chi connectivity index (χ4n) is 4.82. The van der Waals surface area contributed by atoms with Crippen molar-refractivity contribution >= 4 is 5.97 Å². The van der Waals surface area contributed by atoms with Gasteiger partial charge in [-0.15, -0.1) is 0 Å². The van der Waals surface area contributed by atoms with Crippen molar-refractivity contribution in [3.63, 3.8) is 0 Å². The van der Waals surface area contributed by atoms with Crippen LogP contribution in [-0.2, 0) is 4.79 Å². The fraction of sp³-hybridized carbons (Fsp3) is 0.906. The van der Waals surface area contributed by atoms with E-state index < -0.39 is 5.97 Å². The molecule has 0 aliphatic carbocycles. The van der Waals surface area contributed by atoms with E-state index in [0.717, 1.165) is 25.7 Å². The molecule has 0 aliphatic heterocycles. The normalized spacial score (nSPS) is 11.6. The van der Waals surface area contributed by atoms with Gasteiger partial charge in [0.2, 0.25) is 0 Å². The van der Waals surface area contributed by atoms with Gasteiger partial charge in [0, 0.05) is 6.42 Å². The molecule has 0 amide bonds. The Bertz CT molecular complexity index is 415. The lowest BCUT2D eigenvalue weighted by molar-refractivity contribution is -0.137. The van der Waals surface area contributed by atoms with Gasteiger partial charge in [-0.25, -0.2) is 0 Å². The molecular weight excluding hydrogens is 416 g/mol. The minimum Gasteiger partial charge on any atom is -0.481 e. The summed E-state index contributed by atoms with van der Waals surface area (Å²) in [5.41, 5.74) is 0. The van der Waals surface area contributed by atoms with Gasteiger partial charge in [-0.3, -0.25) is 4.79 Å². The van der Waals surface area contributed by atoms with E-state index in [1.165, 1.54) is 148 Å². The van der Waals surface area contributed by atoms with Gasteiger partial charge >= 0.3 is 5.97 Å². The van der Waals surface area contributed by atoms with Crippen LogP contribution in [0.3, 0.4) is 0 Å². The Labute approximate surface area is 214 Å². The van der Waals surface area contributed by atoms with Gasteiger partial charge in [0.25, 0.3) is 0 Å². The number of allylic oxidation sites excluding steroid dienone is 2. The number of hydrogen-bond acceptors (Lipinski definition) is 1. The predicted octanol–water partition coefficient (Wildman–Crippen LogP) is 11.6. The molecule has 0 unspecified atom stereocenters. The molecule has 0 saturated carbocycles. The number of carboxylic acids is 1. The van der Waals surface area contributed by atoms with Crippen molar-refractivity contribution in [1.29, 1.82) is 0 Å². The molecule has 2 nitrogen and oxygen atoms in total. The number of aliphatic carboxylic acids is 1. The number of carbonyl (C=O) groups is 1. The third kappa shape index (κ3) is 31.2. The van der Waals surface area contributed by atoms with E-state index in [1.807, 2.05) is 0 Å². The maximum atomic E-state index is 10.4. The molecule has 0 bridgehead atoms. The number of rotatable bonds is 29. The van der Waals surface area contributed by atoms with Crippen molar-refractivity contribution in [2.45, 2.75) is 187 Å². The van der Waals surface area contributed by atoms with Crippen LogP contribution in [0.25, 0.3) is 0 Å². The Hall–Kier alpha value is -0.790. The van der Waals surface area contributed by atoms with Gasteiger partial charge in [0.05, 0.1) is 0 Å². The fourth-order valence-corrected chi connectivity index (χ4v) is 4.82. The zero-order valence-corrected chi connectivity index (χ0v) is 23.3. The lowest BCUT2D eigenvalue weighted by Crippen LogP contribution is -1.93. The van der Waals surface area contributed by atoms with Crippen LogP contribution in [0.15, 0.2) is 12.2 Å². The molecule has 0 aromatic rings. The van der Waals surface area contributed by atoms with Crippen LogP contribution >= 0.6 is 0 Å². The average molecular weight is 479 g/mol. The molecule has 0 atom stereocenters. The highest BCUT2D eigenvalue weighted by Gasteiger charge is 1.97. The second kappa shape index (κ2) is 30.2. The molecule has 0 saturated heterocycles. The lowest BCUT2D eigenvalue weighted by atomic mass is 10.0. The van der Waals surface area contributed by atoms with Crippen molar-refractivity contribution in [2.24, 2.45) is 0 Å². The van der Waals surface area contributed by atoms with E-state index in [0.29, 0.717) is 6.42 Å². The molecule has 0 fully saturated rings. The maximum absolute atomic E-state index is 10.4. The summed E-state index contributed by atoms with van der Waals surface area (Å²) in [5.74, 6) is -0.662. The Morgan fingerprint density at radius 2 is 0.706 bits per heavy atom. The monoisotopic (exact) mass is 478 g/mol. The van der Waals surface area contributed by atoms with Gasteiger partial charge in [-0.2, -0.15) is 0 Å². The maximum Gasteiger partial charge on any atom is 0.303 e. The Kier molecular flexibility index (Phi) is 29.5. The van der Waals surface area contributed by atoms with Gasteiger partial charge < -0.3 is 5.11 Å². The highest BCUT2D eigenvalue weighted by atomic mass is 16.4. The van der Waals surface area contributed by atoms with Gasteiger partial charge in [-0.05, 0) is 32.1 Å². The van der Waals surface area contributed by atoms with Crippen LogP contribution < -0.4 is 0 Å². The van der Waals surface area contributed by atoms with Crippen LogP contribution in [0.1, 0.15) is 187 Å². The minimum absolute atomic E-state index is 0.329. The quantitative estimate of drug-likeness (QED) is 0.0857. The lowest BCUT2D eigenvalue weighted by Gasteiger charge is -2.04. The number of unbranched alkanes of at least 4 members (excludes halogenated alkanes) is 25. The highest BCUT2D eigenvalue weighted by molar-refractivity contribution is 5.66. The third-order valence-electron chi connectivity index (χ3n) is 7.15. The smallest absolute Gasteiger partial charge is 0.303 e. The third-order valence-corrected chi connectivity index (χ3v) is 7.15. The first kappa shape index (κ1) is 33.2. The Morgan fingerprint density at radius 1 is 0.441 bits per heavy atom. The average Bonchev–Trinajstić information content (AvgIpc) is 2.83. The van der Waals surface area contributed by atoms with Crippen molar-refractivity contribution in [1.82, 2.24) is 0 Å². The number of hydrogen-bond donors (Lipinski definition) is 1. The molecule has 0 aliphatic rings. The van der Waals surface area contributed by atoms with Gasteiger partial charge in [0.1, 0.15) is 0 Å². The molecule has 0 aromatic carbocycles. The SMILES string of the molecule is CCCCCCCCCCCCCCCCCCCCCCC/C=C/CCCCCCC(=O)O. The molecule has 0 radical (unpaired) electrons. The van der Waals surface area contributed by atoms with Crippen molar-refractivity contribution in [3.05, 3.63) is 12.2 Å². The van der Waals surface area contributed by atoms with Crippen molar-refractivity contribution in [3.8, 4) is 0 Å². The molecule has 0 aromatic heterocycles. The zero-order valence-electron chi connectivity index (χ0n) is 23.3. The molecular formula is C32H62O2. The molecule has 34 heavy (non-hydrogen) atoms. The van der Waals surface area contributed by atoms with Crippen molar-refractivity contribution < 1.29 is 9.90 Å². The second-order valence-electron chi connectivity index (χ2n) is 10.7. The van der Waals surface area contributed by atoms with Gasteiger partial charge in [-0.1, -0.05) is 160 Å². The predicted molar refractivity (Wildman–Crippen MR) is 152 cm³/mol. The zero-order chi connectivity index (χ0) is 24.8. The summed E-state index contributed by atoms with van der Waals surface area (Å²) < 4.78 is 0. The Morgan fingerprint density at radius 3 is 1.00 bits per heavy atom. The van der Waals surface area contributed by atoms with Crippen molar-refractivity contribution in [2.75, 3.05) is 0 Å². The van der Waals surface area contributed by atoms with E-state index in [2.05, 4.69) is 19.1 Å². The first-order chi connectivity index (χ1) is 16.8. The topological polar surface area (TPSA) is 37.3 Å². The van der Waals surface area contributed by atoms with Crippen LogP contribution in [0.5, 0.6) is 0 Å². The minimum atomic E-state index is -0.662. The van der Waals surface area contributed by atoms with E-state index in [1.54, 1.807) is 0 Å². The molecule has 0 spiro atoms. The van der Waals surface area contributed by atoms with Crippen LogP contribution in [0, 0.1) is 0 Å². The summed E-state index contributed by atoms with van der Waals surface area (Å²) in [6.07, 6.45) is 42.0. The molecule has 202 valence electrons. The second-order valence-corrected chi connectivity index (χ2v) is 10.7. The molecule has 1 N–H and O–H groups in total. The molecule has 0 rings (SSSR count). The van der Waals surface area contributed by atoms with Crippen LogP contribution in [0.2, 0.25) is 0 Å². The first-order valence-electron chi connectivity index (χ1n) is 15.6. The summed E-state index contributed by atoms with van der Waals surface area (Å²) in [6, 6.07) is 0. The molecule has 2 heteroatoms. The van der Waals surface area contributed by atoms with Crippen LogP contribution in [0.4, 0.5) is 0 Å². The summed E-state index contributed by atoms with van der Waals surface area (Å²) in [7, 11) is 0. The van der Waals surface area contributed by atoms with E-state index >= 15 is 0 Å². The summed E-state index contributed by atoms with van der Waals surface area (Å²) in [6.45, 7) is 2.30. The Balaban J connectivity index is 3.07. The molecule has 0 heterocycles. The summed E-state index contributed by atoms with van der Waals surface area (Å²) >= 11 is 0. The number of carboxylic acid groups (broad SMARTS) is 1.